The molecular weight excluding hydrogens is 193 g/mol. The molecule has 66 valence electrons. The van der Waals surface area contributed by atoms with Crippen molar-refractivity contribution in [3.05, 3.63) is 29.6 Å². The molecule has 6 heteroatoms. The van der Waals surface area contributed by atoms with Gasteiger partial charge in [0.1, 0.15) is 10.7 Å². The summed E-state index contributed by atoms with van der Waals surface area (Å²) in [6.45, 7) is 0. The highest BCUT2D eigenvalue weighted by Gasteiger charge is 2.14. The largest absolute Gasteiger partial charge is 0.302 e. The Morgan fingerprint density at radius 2 is 1.83 bits per heavy atom. The number of rotatable bonds is 1. The van der Waals surface area contributed by atoms with Crippen LogP contribution in [-0.2, 0) is 11.1 Å². The van der Waals surface area contributed by atoms with Crippen LogP contribution in [0.3, 0.4) is 0 Å². The fourth-order valence-electron chi connectivity index (χ4n) is 0.659. The predicted molar refractivity (Wildman–Crippen MR) is 35.4 cm³/mol. The van der Waals surface area contributed by atoms with Gasteiger partial charge in [-0.05, 0) is 6.07 Å². The van der Waals surface area contributed by atoms with E-state index in [-0.39, 0.29) is 0 Å². The van der Waals surface area contributed by atoms with E-state index >= 15 is 0 Å². The zero-order valence-corrected chi connectivity index (χ0v) is 6.37. The molecule has 0 saturated heterocycles. The Morgan fingerprint density at radius 3 is 2.33 bits per heavy atom. The summed E-state index contributed by atoms with van der Waals surface area (Å²) in [5, 5.41) is 0. The fourth-order valence-corrected chi connectivity index (χ4v) is 1.12. The molecule has 0 fully saturated rings. The first-order chi connectivity index (χ1) is 5.52. The number of hydrogen-bond donors (Lipinski definition) is 1. The van der Waals surface area contributed by atoms with Crippen molar-refractivity contribution in [2.45, 2.75) is 4.90 Å². The van der Waals surface area contributed by atoms with Gasteiger partial charge in [0, 0.05) is 6.07 Å². The van der Waals surface area contributed by atoms with E-state index in [1.807, 2.05) is 0 Å². The number of benzene rings is 1. The Morgan fingerprint density at radius 1 is 1.25 bits per heavy atom. The maximum absolute atomic E-state index is 12.5. The van der Waals surface area contributed by atoms with Crippen molar-refractivity contribution in [1.82, 2.24) is 0 Å². The van der Waals surface area contributed by atoms with E-state index < -0.39 is 33.4 Å². The molecule has 0 aliphatic carbocycles. The monoisotopic (exact) mass is 196 g/mol. The summed E-state index contributed by atoms with van der Waals surface area (Å²) in [6.07, 6.45) is 0. The quantitative estimate of drug-likeness (QED) is 0.548. The summed E-state index contributed by atoms with van der Waals surface area (Å²) < 4.78 is 55.8. The van der Waals surface area contributed by atoms with Crippen LogP contribution in [0.4, 0.5) is 13.2 Å². The standard InChI is InChI=1S/C6H3F3O2S/c7-3-1-4(8)6(9)5(2-3)12(10)11/h1-2H,(H,10,11). The van der Waals surface area contributed by atoms with Gasteiger partial charge in [0.25, 0.3) is 0 Å². The molecule has 0 heterocycles. The van der Waals surface area contributed by atoms with E-state index in [1.165, 1.54) is 0 Å². The Bertz CT molecular complexity index is 340. The van der Waals surface area contributed by atoms with Crippen molar-refractivity contribution in [1.29, 1.82) is 0 Å². The summed E-state index contributed by atoms with van der Waals surface area (Å²) in [5.74, 6) is -4.07. The van der Waals surface area contributed by atoms with Gasteiger partial charge in [-0.2, -0.15) is 0 Å². The Labute approximate surface area is 68.3 Å². The van der Waals surface area contributed by atoms with E-state index in [0.717, 1.165) is 0 Å². The maximum atomic E-state index is 12.5. The molecule has 0 bridgehead atoms. The minimum atomic E-state index is -2.72. The molecule has 1 rings (SSSR count). The van der Waals surface area contributed by atoms with Gasteiger partial charge in [-0.25, -0.2) is 17.4 Å². The molecule has 0 aromatic heterocycles. The molecule has 1 atom stereocenters. The van der Waals surface area contributed by atoms with Crippen molar-refractivity contribution in [3.8, 4) is 0 Å². The van der Waals surface area contributed by atoms with Crippen LogP contribution in [0.2, 0.25) is 0 Å². The summed E-state index contributed by atoms with van der Waals surface area (Å²) in [4.78, 5) is -0.896. The fraction of sp³-hybridized carbons (Fsp3) is 0. The molecule has 1 aromatic carbocycles. The average Bonchev–Trinajstić information content (AvgIpc) is 1.96. The highest BCUT2D eigenvalue weighted by Crippen LogP contribution is 2.16. The van der Waals surface area contributed by atoms with E-state index in [9.17, 15) is 17.4 Å². The minimum Gasteiger partial charge on any atom is -0.302 e. The molecule has 1 N–H and O–H groups in total. The Balaban J connectivity index is 3.37. The molecule has 0 spiro atoms. The van der Waals surface area contributed by atoms with Gasteiger partial charge in [-0.15, -0.1) is 0 Å². The smallest absolute Gasteiger partial charge is 0.189 e. The van der Waals surface area contributed by atoms with Crippen molar-refractivity contribution < 1.29 is 21.9 Å². The predicted octanol–water partition coefficient (Wildman–Crippen LogP) is 1.68. The molecule has 0 amide bonds. The van der Waals surface area contributed by atoms with E-state index in [4.69, 9.17) is 4.55 Å². The Kier molecular flexibility index (Phi) is 2.49. The van der Waals surface area contributed by atoms with Crippen LogP contribution in [0, 0.1) is 17.5 Å². The summed E-state index contributed by atoms with van der Waals surface area (Å²) >= 11 is -2.72. The van der Waals surface area contributed by atoms with Crippen LogP contribution in [0.25, 0.3) is 0 Å². The third kappa shape index (κ3) is 1.64. The Hall–Kier alpha value is -0.880. The lowest BCUT2D eigenvalue weighted by Gasteiger charge is -1.98. The third-order valence-electron chi connectivity index (χ3n) is 1.15. The lowest BCUT2D eigenvalue weighted by Crippen LogP contribution is -1.98. The van der Waals surface area contributed by atoms with E-state index in [2.05, 4.69) is 0 Å². The van der Waals surface area contributed by atoms with Crippen molar-refractivity contribution in [2.24, 2.45) is 0 Å². The second kappa shape index (κ2) is 3.24. The zero-order chi connectivity index (χ0) is 9.30. The van der Waals surface area contributed by atoms with Crippen LogP contribution >= 0.6 is 0 Å². The second-order valence-corrected chi connectivity index (χ2v) is 2.89. The molecule has 0 aliphatic heterocycles. The molecule has 1 unspecified atom stereocenters. The van der Waals surface area contributed by atoms with Crippen LogP contribution in [0.15, 0.2) is 17.0 Å². The number of hydrogen-bond acceptors (Lipinski definition) is 1. The zero-order valence-electron chi connectivity index (χ0n) is 5.55. The van der Waals surface area contributed by atoms with Gasteiger partial charge in [-0.1, -0.05) is 0 Å². The molecule has 12 heavy (non-hydrogen) atoms. The van der Waals surface area contributed by atoms with Gasteiger partial charge in [0.15, 0.2) is 22.7 Å². The average molecular weight is 196 g/mol. The second-order valence-electron chi connectivity index (χ2n) is 1.95. The normalized spacial score (nSPS) is 13.0. The van der Waals surface area contributed by atoms with Crippen LogP contribution in [-0.4, -0.2) is 8.76 Å². The minimum absolute atomic E-state index is 0.297. The van der Waals surface area contributed by atoms with E-state index in [0.29, 0.717) is 12.1 Å². The first-order valence-corrected chi connectivity index (χ1v) is 3.88. The first-order valence-electron chi connectivity index (χ1n) is 2.78. The highest BCUT2D eigenvalue weighted by molar-refractivity contribution is 7.79. The van der Waals surface area contributed by atoms with Gasteiger partial charge in [0.2, 0.25) is 0 Å². The van der Waals surface area contributed by atoms with Gasteiger partial charge in [-0.3, -0.25) is 0 Å². The molecular formula is C6H3F3O2S. The van der Waals surface area contributed by atoms with Crippen molar-refractivity contribution in [3.63, 3.8) is 0 Å². The third-order valence-corrected chi connectivity index (χ3v) is 1.82. The molecule has 0 saturated carbocycles. The molecule has 2 nitrogen and oxygen atoms in total. The topological polar surface area (TPSA) is 37.3 Å². The van der Waals surface area contributed by atoms with E-state index in [1.54, 1.807) is 0 Å². The van der Waals surface area contributed by atoms with Gasteiger partial charge >= 0.3 is 0 Å². The SMILES string of the molecule is O=S(O)c1cc(F)cc(F)c1F. The summed E-state index contributed by atoms with van der Waals surface area (Å²) in [7, 11) is 0. The van der Waals surface area contributed by atoms with Crippen LogP contribution in [0.1, 0.15) is 0 Å². The number of halogens is 3. The lowest BCUT2D eigenvalue weighted by atomic mass is 10.3. The van der Waals surface area contributed by atoms with Crippen molar-refractivity contribution >= 4 is 11.1 Å². The maximum Gasteiger partial charge on any atom is 0.189 e. The molecule has 0 aliphatic rings. The first kappa shape index (κ1) is 9.21. The van der Waals surface area contributed by atoms with Gasteiger partial charge < -0.3 is 4.55 Å². The van der Waals surface area contributed by atoms with Crippen LogP contribution < -0.4 is 0 Å². The lowest BCUT2D eigenvalue weighted by molar-refractivity contribution is 0.467. The highest BCUT2D eigenvalue weighted by atomic mass is 32.2. The summed E-state index contributed by atoms with van der Waals surface area (Å²) in [6, 6.07) is 0.764. The summed E-state index contributed by atoms with van der Waals surface area (Å²) in [5.41, 5.74) is 0. The molecule has 1 aromatic rings. The van der Waals surface area contributed by atoms with Crippen molar-refractivity contribution in [2.75, 3.05) is 0 Å². The molecule has 0 radical (unpaired) electrons. The van der Waals surface area contributed by atoms with Crippen LogP contribution in [0.5, 0.6) is 0 Å². The van der Waals surface area contributed by atoms with Gasteiger partial charge in [0.05, 0.1) is 0 Å².